The van der Waals surface area contributed by atoms with Gasteiger partial charge in [0, 0.05) is 18.4 Å². The van der Waals surface area contributed by atoms with Gasteiger partial charge in [-0.15, -0.1) is 0 Å². The number of urea groups is 1. The van der Waals surface area contributed by atoms with Crippen molar-refractivity contribution in [3.8, 4) is 0 Å². The minimum atomic E-state index is -0.148. The monoisotopic (exact) mass is 240 g/mol. The van der Waals surface area contributed by atoms with Crippen molar-refractivity contribution in [3.05, 3.63) is 60.2 Å². The molecule has 0 atom stereocenters. The summed E-state index contributed by atoms with van der Waals surface area (Å²) in [5, 5.41) is 2.84. The van der Waals surface area contributed by atoms with Crippen molar-refractivity contribution in [1.82, 2.24) is 0 Å². The van der Waals surface area contributed by atoms with Gasteiger partial charge in [-0.2, -0.15) is 0 Å². The van der Waals surface area contributed by atoms with Crippen molar-refractivity contribution in [2.45, 2.75) is 6.92 Å². The summed E-state index contributed by atoms with van der Waals surface area (Å²) in [6.45, 7) is 2.02. The molecule has 0 radical (unpaired) electrons. The molecule has 0 spiro atoms. The molecule has 2 aromatic carbocycles. The molecule has 18 heavy (non-hydrogen) atoms. The van der Waals surface area contributed by atoms with E-state index in [2.05, 4.69) is 5.32 Å². The van der Waals surface area contributed by atoms with Crippen LogP contribution in [-0.4, -0.2) is 13.1 Å². The molecular weight excluding hydrogens is 224 g/mol. The molecule has 92 valence electrons. The van der Waals surface area contributed by atoms with Gasteiger partial charge in [-0.1, -0.05) is 35.9 Å². The summed E-state index contributed by atoms with van der Waals surface area (Å²) in [6.07, 6.45) is 0. The molecule has 1 N–H and O–H groups in total. The second-order valence-electron chi connectivity index (χ2n) is 4.19. The maximum Gasteiger partial charge on any atom is 0.326 e. The van der Waals surface area contributed by atoms with Crippen LogP contribution in [-0.2, 0) is 0 Å². The average molecular weight is 240 g/mol. The standard InChI is InChI=1S/C15H16N2O/c1-12-8-10-14(11-9-12)17(2)15(18)16-13-6-4-3-5-7-13/h3-11H,1-2H3,(H,16,18). The van der Waals surface area contributed by atoms with Crippen LogP contribution in [0, 0.1) is 6.92 Å². The highest BCUT2D eigenvalue weighted by atomic mass is 16.2. The number of carbonyl (C=O) groups excluding carboxylic acids is 1. The fourth-order valence-corrected chi connectivity index (χ4v) is 1.61. The Morgan fingerprint density at radius 1 is 1.00 bits per heavy atom. The normalized spacial score (nSPS) is 9.89. The number of benzene rings is 2. The van der Waals surface area contributed by atoms with E-state index in [4.69, 9.17) is 0 Å². The zero-order valence-corrected chi connectivity index (χ0v) is 10.6. The molecule has 3 nitrogen and oxygen atoms in total. The van der Waals surface area contributed by atoms with Gasteiger partial charge in [-0.25, -0.2) is 4.79 Å². The summed E-state index contributed by atoms with van der Waals surface area (Å²) < 4.78 is 0. The molecule has 0 saturated carbocycles. The topological polar surface area (TPSA) is 32.3 Å². The Kier molecular flexibility index (Phi) is 3.63. The molecule has 0 heterocycles. The van der Waals surface area contributed by atoms with E-state index in [9.17, 15) is 4.79 Å². The maximum atomic E-state index is 12.0. The Hall–Kier alpha value is -2.29. The molecule has 0 unspecified atom stereocenters. The number of anilines is 2. The van der Waals surface area contributed by atoms with Crippen LogP contribution in [0.25, 0.3) is 0 Å². The number of nitrogens with zero attached hydrogens (tertiary/aromatic N) is 1. The van der Waals surface area contributed by atoms with E-state index >= 15 is 0 Å². The summed E-state index contributed by atoms with van der Waals surface area (Å²) in [4.78, 5) is 13.6. The highest BCUT2D eigenvalue weighted by molar-refractivity contribution is 6.01. The SMILES string of the molecule is Cc1ccc(N(C)C(=O)Nc2ccccc2)cc1. The molecule has 0 aliphatic carbocycles. The van der Waals surface area contributed by atoms with Crippen LogP contribution >= 0.6 is 0 Å². The van der Waals surface area contributed by atoms with Gasteiger partial charge >= 0.3 is 6.03 Å². The molecule has 0 fully saturated rings. The third-order valence-corrected chi connectivity index (χ3v) is 2.75. The van der Waals surface area contributed by atoms with E-state index in [0.717, 1.165) is 11.4 Å². The number of hydrogen-bond acceptors (Lipinski definition) is 1. The number of aryl methyl sites for hydroxylation is 1. The second kappa shape index (κ2) is 5.36. The maximum absolute atomic E-state index is 12.0. The van der Waals surface area contributed by atoms with Gasteiger partial charge in [0.15, 0.2) is 0 Å². The lowest BCUT2D eigenvalue weighted by molar-refractivity contribution is 0.258. The van der Waals surface area contributed by atoms with E-state index in [1.807, 2.05) is 61.5 Å². The zero-order valence-electron chi connectivity index (χ0n) is 10.6. The third-order valence-electron chi connectivity index (χ3n) is 2.75. The molecular formula is C15H16N2O. The quantitative estimate of drug-likeness (QED) is 0.853. The molecule has 2 aromatic rings. The summed E-state index contributed by atoms with van der Waals surface area (Å²) in [6, 6.07) is 17.1. The Labute approximate surface area is 107 Å². The van der Waals surface area contributed by atoms with Crippen molar-refractivity contribution in [3.63, 3.8) is 0 Å². The molecule has 0 aliphatic heterocycles. The van der Waals surface area contributed by atoms with Gasteiger partial charge in [0.05, 0.1) is 0 Å². The summed E-state index contributed by atoms with van der Waals surface area (Å²) >= 11 is 0. The molecule has 2 rings (SSSR count). The van der Waals surface area contributed by atoms with Gasteiger partial charge < -0.3 is 5.32 Å². The Morgan fingerprint density at radius 3 is 2.22 bits per heavy atom. The first kappa shape index (κ1) is 12.2. The van der Waals surface area contributed by atoms with E-state index in [0.29, 0.717) is 0 Å². The largest absolute Gasteiger partial charge is 0.326 e. The summed E-state index contributed by atoms with van der Waals surface area (Å²) in [5.41, 5.74) is 2.84. The fourth-order valence-electron chi connectivity index (χ4n) is 1.61. The Bertz CT molecular complexity index is 520. The minimum Gasteiger partial charge on any atom is -0.308 e. The molecule has 0 aromatic heterocycles. The average Bonchev–Trinajstić information content (AvgIpc) is 2.40. The molecule has 0 saturated heterocycles. The lowest BCUT2D eigenvalue weighted by Gasteiger charge is -2.18. The van der Waals surface area contributed by atoms with Crippen LogP contribution < -0.4 is 10.2 Å². The van der Waals surface area contributed by atoms with Crippen molar-refractivity contribution in [2.75, 3.05) is 17.3 Å². The van der Waals surface area contributed by atoms with Gasteiger partial charge in [-0.3, -0.25) is 4.90 Å². The van der Waals surface area contributed by atoms with Crippen LogP contribution in [0.5, 0.6) is 0 Å². The second-order valence-corrected chi connectivity index (χ2v) is 4.19. The van der Waals surface area contributed by atoms with E-state index in [1.165, 1.54) is 5.56 Å². The van der Waals surface area contributed by atoms with Crippen LogP contribution in [0.4, 0.5) is 16.2 Å². The highest BCUT2D eigenvalue weighted by Gasteiger charge is 2.10. The summed E-state index contributed by atoms with van der Waals surface area (Å²) in [5.74, 6) is 0. The van der Waals surface area contributed by atoms with Gasteiger partial charge in [0.1, 0.15) is 0 Å². The first-order chi connectivity index (χ1) is 8.66. The third kappa shape index (κ3) is 2.88. The van der Waals surface area contributed by atoms with Gasteiger partial charge in [0.25, 0.3) is 0 Å². The number of para-hydroxylation sites is 1. The Morgan fingerprint density at radius 2 is 1.61 bits per heavy atom. The predicted octanol–water partition coefficient (Wildman–Crippen LogP) is 3.66. The molecule has 0 bridgehead atoms. The number of nitrogens with one attached hydrogen (secondary N) is 1. The van der Waals surface area contributed by atoms with Gasteiger partial charge in [0.2, 0.25) is 0 Å². The van der Waals surface area contributed by atoms with Crippen molar-refractivity contribution in [2.24, 2.45) is 0 Å². The van der Waals surface area contributed by atoms with Gasteiger partial charge in [-0.05, 0) is 31.2 Å². The first-order valence-corrected chi connectivity index (χ1v) is 5.83. The van der Waals surface area contributed by atoms with E-state index in [1.54, 1.807) is 11.9 Å². The smallest absolute Gasteiger partial charge is 0.308 e. The first-order valence-electron chi connectivity index (χ1n) is 5.83. The zero-order chi connectivity index (χ0) is 13.0. The fraction of sp³-hybridized carbons (Fsp3) is 0.133. The van der Waals surface area contributed by atoms with Crippen LogP contribution in [0.1, 0.15) is 5.56 Å². The van der Waals surface area contributed by atoms with Crippen molar-refractivity contribution < 1.29 is 4.79 Å². The van der Waals surface area contributed by atoms with Crippen LogP contribution in [0.3, 0.4) is 0 Å². The number of amides is 2. The predicted molar refractivity (Wildman–Crippen MR) is 75.0 cm³/mol. The lowest BCUT2D eigenvalue weighted by atomic mass is 10.2. The van der Waals surface area contributed by atoms with Crippen molar-refractivity contribution >= 4 is 17.4 Å². The number of hydrogen-bond donors (Lipinski definition) is 1. The van der Waals surface area contributed by atoms with Crippen molar-refractivity contribution in [1.29, 1.82) is 0 Å². The number of carbonyl (C=O) groups is 1. The van der Waals surface area contributed by atoms with E-state index < -0.39 is 0 Å². The molecule has 3 heteroatoms. The minimum absolute atomic E-state index is 0.148. The van der Waals surface area contributed by atoms with Crippen LogP contribution in [0.15, 0.2) is 54.6 Å². The summed E-state index contributed by atoms with van der Waals surface area (Å²) in [7, 11) is 1.75. The molecule has 2 amide bonds. The molecule has 0 aliphatic rings. The highest BCUT2D eigenvalue weighted by Crippen LogP contribution is 2.15. The van der Waals surface area contributed by atoms with Crippen LogP contribution in [0.2, 0.25) is 0 Å². The lowest BCUT2D eigenvalue weighted by Crippen LogP contribution is -2.31. The Balaban J connectivity index is 2.07. The van der Waals surface area contributed by atoms with E-state index in [-0.39, 0.29) is 6.03 Å². The number of rotatable bonds is 2.